The fourth-order valence-corrected chi connectivity index (χ4v) is 5.14. The van der Waals surface area contributed by atoms with Crippen molar-refractivity contribution in [3.63, 3.8) is 0 Å². The smallest absolute Gasteiger partial charge is 0.407 e. The molecule has 1 saturated heterocycles. The van der Waals surface area contributed by atoms with E-state index in [1.165, 1.54) is 11.1 Å². The Morgan fingerprint density at radius 3 is 2.35 bits per heavy atom. The summed E-state index contributed by atoms with van der Waals surface area (Å²) >= 11 is 0. The van der Waals surface area contributed by atoms with Crippen LogP contribution in [0.3, 0.4) is 0 Å². The van der Waals surface area contributed by atoms with Crippen LogP contribution in [-0.2, 0) is 14.3 Å². The van der Waals surface area contributed by atoms with Gasteiger partial charge in [-0.15, -0.1) is 0 Å². The van der Waals surface area contributed by atoms with Gasteiger partial charge in [-0.3, -0.25) is 9.59 Å². The van der Waals surface area contributed by atoms with Crippen LogP contribution in [0.25, 0.3) is 11.1 Å². The Labute approximate surface area is 200 Å². The summed E-state index contributed by atoms with van der Waals surface area (Å²) in [6.45, 7) is 2.70. The maximum Gasteiger partial charge on any atom is 0.407 e. The molecule has 34 heavy (non-hydrogen) atoms. The second-order valence-electron chi connectivity index (χ2n) is 9.24. The molecule has 0 spiro atoms. The van der Waals surface area contributed by atoms with Crippen molar-refractivity contribution in [2.24, 2.45) is 0 Å². The van der Waals surface area contributed by atoms with Gasteiger partial charge in [0, 0.05) is 31.0 Å². The number of nitrogens with one attached hydrogen (secondary N) is 1. The van der Waals surface area contributed by atoms with Crippen molar-refractivity contribution in [1.29, 1.82) is 0 Å². The molecular formula is C27H32N2O5. The average molecular weight is 465 g/mol. The molecule has 0 bridgehead atoms. The number of amides is 2. The lowest BCUT2D eigenvalue weighted by Gasteiger charge is -2.35. The number of likely N-dealkylation sites (tertiary alicyclic amines) is 1. The highest BCUT2D eigenvalue weighted by Crippen LogP contribution is 2.44. The number of aliphatic carboxylic acids is 1. The summed E-state index contributed by atoms with van der Waals surface area (Å²) in [6.07, 6.45) is 2.80. The molecule has 0 aromatic heterocycles. The summed E-state index contributed by atoms with van der Waals surface area (Å²) in [5, 5.41) is 11.9. The zero-order valence-corrected chi connectivity index (χ0v) is 19.5. The number of ether oxygens (including phenoxy) is 1. The molecule has 2 aromatic carbocycles. The molecule has 1 fully saturated rings. The van der Waals surface area contributed by atoms with Crippen molar-refractivity contribution < 1.29 is 24.2 Å². The van der Waals surface area contributed by atoms with Crippen LogP contribution in [0.5, 0.6) is 0 Å². The predicted molar refractivity (Wildman–Crippen MR) is 129 cm³/mol. The van der Waals surface area contributed by atoms with Gasteiger partial charge < -0.3 is 20.1 Å². The largest absolute Gasteiger partial charge is 0.481 e. The van der Waals surface area contributed by atoms with Crippen molar-refractivity contribution in [3.8, 4) is 11.1 Å². The van der Waals surface area contributed by atoms with E-state index in [9.17, 15) is 14.4 Å². The zero-order valence-electron chi connectivity index (χ0n) is 19.5. The lowest BCUT2D eigenvalue weighted by molar-refractivity contribution is -0.142. The zero-order chi connectivity index (χ0) is 24.1. The Hall–Kier alpha value is -3.35. The van der Waals surface area contributed by atoms with Gasteiger partial charge in [0.15, 0.2) is 0 Å². The molecule has 180 valence electrons. The third kappa shape index (κ3) is 5.41. The molecule has 2 amide bonds. The Morgan fingerprint density at radius 1 is 1.06 bits per heavy atom. The number of nitrogens with zero attached hydrogens (tertiary/aromatic N) is 1. The Balaban J connectivity index is 1.26. The van der Waals surface area contributed by atoms with E-state index in [-0.39, 0.29) is 43.4 Å². The molecule has 1 aliphatic carbocycles. The van der Waals surface area contributed by atoms with Gasteiger partial charge in [-0.2, -0.15) is 0 Å². The van der Waals surface area contributed by atoms with Crippen LogP contribution >= 0.6 is 0 Å². The number of hydrogen-bond donors (Lipinski definition) is 2. The normalized spacial score (nSPS) is 18.0. The summed E-state index contributed by atoms with van der Waals surface area (Å²) in [7, 11) is 0. The highest BCUT2D eigenvalue weighted by Gasteiger charge is 2.30. The van der Waals surface area contributed by atoms with Crippen molar-refractivity contribution >= 4 is 18.0 Å². The van der Waals surface area contributed by atoms with Crippen molar-refractivity contribution in [3.05, 3.63) is 59.7 Å². The molecule has 2 N–H and O–H groups in total. The van der Waals surface area contributed by atoms with Gasteiger partial charge in [0.2, 0.25) is 5.91 Å². The van der Waals surface area contributed by atoms with Gasteiger partial charge in [-0.05, 0) is 54.9 Å². The number of benzene rings is 2. The quantitative estimate of drug-likeness (QED) is 0.598. The third-order valence-corrected chi connectivity index (χ3v) is 6.86. The number of hydrogen-bond acceptors (Lipinski definition) is 4. The molecule has 1 unspecified atom stereocenters. The van der Waals surface area contributed by atoms with Crippen LogP contribution in [0.1, 0.15) is 62.5 Å². The lowest BCUT2D eigenvalue weighted by Crippen LogP contribution is -2.45. The topological polar surface area (TPSA) is 95.9 Å². The fraction of sp³-hybridized carbons (Fsp3) is 0.444. The first-order chi connectivity index (χ1) is 16.4. The summed E-state index contributed by atoms with van der Waals surface area (Å²) in [5.74, 6) is -0.928. The predicted octanol–water partition coefficient (Wildman–Crippen LogP) is 4.55. The Kier molecular flexibility index (Phi) is 7.50. The second-order valence-corrected chi connectivity index (χ2v) is 9.24. The van der Waals surface area contributed by atoms with Crippen LogP contribution in [0.4, 0.5) is 4.79 Å². The molecule has 7 nitrogen and oxygen atoms in total. The van der Waals surface area contributed by atoms with Crippen LogP contribution in [0, 0.1) is 0 Å². The minimum atomic E-state index is -0.880. The Morgan fingerprint density at radius 2 is 1.71 bits per heavy atom. The summed E-state index contributed by atoms with van der Waals surface area (Å²) in [4.78, 5) is 38.0. The molecule has 7 heteroatoms. The van der Waals surface area contributed by atoms with Crippen molar-refractivity contribution in [1.82, 2.24) is 10.2 Å². The first kappa shape index (κ1) is 23.8. The molecule has 1 aliphatic heterocycles. The molecule has 0 radical (unpaired) electrons. The number of carbonyl (C=O) groups is 3. The van der Waals surface area contributed by atoms with E-state index in [1.54, 1.807) is 4.90 Å². The number of fused-ring (bicyclic) bond motifs is 3. The standard InChI is InChI=1S/C27H32N2O5/c1-18(13-14-25(30)29-15-7-6-8-19(29)16-26(31)32)28-27(33)34-17-24-22-11-4-2-9-20(22)21-10-3-5-12-23(21)24/h2-5,9-12,18-19,24H,6-8,13-17H2,1H3,(H,28,33)(H,31,32)/t18?,19-/m1/s1. The number of piperidine rings is 1. The maximum absolute atomic E-state index is 12.7. The molecule has 2 aliphatic rings. The molecule has 2 atom stereocenters. The highest BCUT2D eigenvalue weighted by atomic mass is 16.5. The van der Waals surface area contributed by atoms with E-state index in [0.717, 1.165) is 30.4 Å². The number of rotatable bonds is 8. The number of alkyl carbamates (subject to hydrolysis) is 1. The summed E-state index contributed by atoms with van der Waals surface area (Å²) in [6, 6.07) is 15.9. The van der Waals surface area contributed by atoms with Crippen LogP contribution in [-0.4, -0.2) is 53.2 Å². The highest BCUT2D eigenvalue weighted by molar-refractivity contribution is 5.79. The van der Waals surface area contributed by atoms with Crippen LogP contribution in [0.2, 0.25) is 0 Å². The SMILES string of the molecule is CC(CCC(=O)N1CCCC[C@@H]1CC(=O)O)NC(=O)OCC1c2ccccc2-c2ccccc21. The minimum absolute atomic E-state index is 0.000282. The molecule has 4 rings (SSSR count). The van der Waals surface area contributed by atoms with E-state index < -0.39 is 12.1 Å². The lowest BCUT2D eigenvalue weighted by atomic mass is 9.98. The summed E-state index contributed by atoms with van der Waals surface area (Å²) < 4.78 is 5.58. The van der Waals surface area contributed by atoms with Gasteiger partial charge in [0.25, 0.3) is 0 Å². The molecule has 1 heterocycles. The number of carbonyl (C=O) groups excluding carboxylic acids is 2. The van der Waals surface area contributed by atoms with Crippen LogP contribution < -0.4 is 5.32 Å². The average Bonchev–Trinajstić information content (AvgIpc) is 3.15. The van der Waals surface area contributed by atoms with Gasteiger partial charge in [-0.1, -0.05) is 48.5 Å². The van der Waals surface area contributed by atoms with E-state index in [1.807, 2.05) is 31.2 Å². The Bertz CT molecular complexity index is 1010. The van der Waals surface area contributed by atoms with Crippen LogP contribution in [0.15, 0.2) is 48.5 Å². The maximum atomic E-state index is 12.7. The monoisotopic (exact) mass is 464 g/mol. The fourth-order valence-electron chi connectivity index (χ4n) is 5.14. The minimum Gasteiger partial charge on any atom is -0.481 e. The summed E-state index contributed by atoms with van der Waals surface area (Å²) in [5.41, 5.74) is 4.68. The molecule has 2 aromatic rings. The first-order valence-corrected chi connectivity index (χ1v) is 12.1. The van der Waals surface area contributed by atoms with Crippen molar-refractivity contribution in [2.75, 3.05) is 13.2 Å². The second kappa shape index (κ2) is 10.7. The molecular weight excluding hydrogens is 432 g/mol. The molecule has 0 saturated carbocycles. The first-order valence-electron chi connectivity index (χ1n) is 12.1. The van der Waals surface area contributed by atoms with Gasteiger partial charge in [-0.25, -0.2) is 4.79 Å². The number of carboxylic acid groups (broad SMARTS) is 1. The van der Waals surface area contributed by atoms with Gasteiger partial charge in [0.1, 0.15) is 6.61 Å². The van der Waals surface area contributed by atoms with Crippen molar-refractivity contribution in [2.45, 2.75) is 63.5 Å². The van der Waals surface area contributed by atoms with E-state index in [2.05, 4.69) is 29.6 Å². The van der Waals surface area contributed by atoms with E-state index in [0.29, 0.717) is 13.0 Å². The van der Waals surface area contributed by atoms with Gasteiger partial charge >= 0.3 is 12.1 Å². The van der Waals surface area contributed by atoms with E-state index >= 15 is 0 Å². The third-order valence-electron chi connectivity index (χ3n) is 6.86. The number of carboxylic acids is 1. The van der Waals surface area contributed by atoms with Gasteiger partial charge in [0.05, 0.1) is 6.42 Å². The van der Waals surface area contributed by atoms with E-state index in [4.69, 9.17) is 9.84 Å².